The van der Waals surface area contributed by atoms with Gasteiger partial charge in [-0.15, -0.1) is 0 Å². The fraction of sp³-hybridized carbons (Fsp3) is 0.750. The molecule has 5 heteroatoms. The Hall–Kier alpha value is -1.36. The Morgan fingerprint density at radius 3 is 2.52 bits per heavy atom. The molecule has 1 fully saturated rings. The van der Waals surface area contributed by atoms with E-state index in [0.717, 1.165) is 44.5 Å². The second kappa shape index (κ2) is 7.07. The van der Waals surface area contributed by atoms with Crippen molar-refractivity contribution in [2.75, 3.05) is 19.7 Å². The molecule has 1 N–H and O–H groups in total. The molecule has 1 saturated heterocycles. The maximum Gasteiger partial charge on any atom is 0.274 e. The molecule has 0 radical (unpaired) electrons. The summed E-state index contributed by atoms with van der Waals surface area (Å²) in [5, 5.41) is 13.7. The number of amides is 1. The zero-order valence-electron chi connectivity index (χ0n) is 13.4. The number of carbonyl (C=O) groups excluding carboxylic acids is 1. The smallest absolute Gasteiger partial charge is 0.274 e. The first-order valence-corrected chi connectivity index (χ1v) is 8.06. The van der Waals surface area contributed by atoms with Crippen molar-refractivity contribution in [3.05, 3.63) is 17.5 Å². The molecule has 0 unspecified atom stereocenters. The predicted octanol–water partition coefficient (Wildman–Crippen LogP) is 2.40. The number of aliphatic hydroxyl groups excluding tert-OH is 1. The number of aliphatic hydroxyl groups is 1. The number of nitrogens with zero attached hydrogens (tertiary/aromatic N) is 3. The summed E-state index contributed by atoms with van der Waals surface area (Å²) in [5.74, 6) is 0.372. The van der Waals surface area contributed by atoms with Gasteiger partial charge in [-0.05, 0) is 44.6 Å². The maximum absolute atomic E-state index is 12.5. The second-order valence-corrected chi connectivity index (χ2v) is 6.00. The van der Waals surface area contributed by atoms with Crippen molar-refractivity contribution < 1.29 is 9.90 Å². The average molecular weight is 293 g/mol. The van der Waals surface area contributed by atoms with Crippen LogP contribution in [-0.2, 0) is 0 Å². The molecule has 2 rings (SSSR count). The van der Waals surface area contributed by atoms with Crippen molar-refractivity contribution in [1.82, 2.24) is 14.7 Å². The number of likely N-dealkylation sites (tertiary alicyclic amines) is 1. The molecule has 118 valence electrons. The number of hydrogen-bond acceptors (Lipinski definition) is 3. The lowest BCUT2D eigenvalue weighted by atomic mass is 9.98. The van der Waals surface area contributed by atoms with Crippen molar-refractivity contribution in [1.29, 1.82) is 0 Å². The van der Waals surface area contributed by atoms with Crippen molar-refractivity contribution >= 4 is 5.91 Å². The van der Waals surface area contributed by atoms with Gasteiger partial charge in [0.15, 0.2) is 5.69 Å². The third-order valence-corrected chi connectivity index (χ3v) is 4.59. The third kappa shape index (κ3) is 3.46. The van der Waals surface area contributed by atoms with Gasteiger partial charge in [-0.3, -0.25) is 9.48 Å². The molecule has 0 saturated carbocycles. The van der Waals surface area contributed by atoms with Crippen LogP contribution < -0.4 is 0 Å². The van der Waals surface area contributed by atoms with Crippen LogP contribution in [0, 0.1) is 12.8 Å². The first-order chi connectivity index (χ1) is 10.1. The van der Waals surface area contributed by atoms with Gasteiger partial charge in [0.05, 0.1) is 6.04 Å². The quantitative estimate of drug-likeness (QED) is 0.907. The highest BCUT2D eigenvalue weighted by Crippen LogP contribution is 2.21. The minimum Gasteiger partial charge on any atom is -0.396 e. The van der Waals surface area contributed by atoms with E-state index in [0.29, 0.717) is 17.7 Å². The highest BCUT2D eigenvalue weighted by molar-refractivity contribution is 5.92. The van der Waals surface area contributed by atoms with Gasteiger partial charge in [-0.1, -0.05) is 13.8 Å². The molecule has 1 aromatic heterocycles. The van der Waals surface area contributed by atoms with Crippen molar-refractivity contribution in [3.63, 3.8) is 0 Å². The van der Waals surface area contributed by atoms with E-state index in [1.54, 1.807) is 0 Å². The Labute approximate surface area is 126 Å². The van der Waals surface area contributed by atoms with E-state index < -0.39 is 0 Å². The zero-order chi connectivity index (χ0) is 15.4. The summed E-state index contributed by atoms with van der Waals surface area (Å²) in [6.07, 6.45) is 3.81. The predicted molar refractivity (Wildman–Crippen MR) is 82.3 cm³/mol. The molecule has 0 aromatic carbocycles. The standard InChI is InChI=1S/C16H27N3O2/c1-4-14(5-2)19-12(3)10-15(17-19)16(21)18-8-6-13(11-20)7-9-18/h10,13-14,20H,4-9,11H2,1-3H3. The van der Waals surface area contributed by atoms with E-state index in [4.69, 9.17) is 5.11 Å². The van der Waals surface area contributed by atoms with Crippen LogP contribution in [0.1, 0.15) is 61.8 Å². The van der Waals surface area contributed by atoms with Crippen molar-refractivity contribution in [2.45, 2.75) is 52.5 Å². The number of carbonyl (C=O) groups is 1. The molecule has 5 nitrogen and oxygen atoms in total. The van der Waals surface area contributed by atoms with Gasteiger partial charge in [0.25, 0.3) is 5.91 Å². The lowest BCUT2D eigenvalue weighted by molar-refractivity contribution is 0.0644. The fourth-order valence-electron chi connectivity index (χ4n) is 3.08. The Morgan fingerprint density at radius 2 is 2.00 bits per heavy atom. The lowest BCUT2D eigenvalue weighted by Crippen LogP contribution is -2.39. The molecule has 0 aliphatic carbocycles. The van der Waals surface area contributed by atoms with Gasteiger partial charge >= 0.3 is 0 Å². The number of aromatic nitrogens is 2. The van der Waals surface area contributed by atoms with Gasteiger partial charge in [-0.2, -0.15) is 5.10 Å². The SMILES string of the molecule is CCC(CC)n1nc(C(=O)N2CCC(CO)CC2)cc1C. The highest BCUT2D eigenvalue weighted by atomic mass is 16.3. The minimum absolute atomic E-state index is 0.0270. The van der Waals surface area contributed by atoms with E-state index in [-0.39, 0.29) is 12.5 Å². The zero-order valence-corrected chi connectivity index (χ0v) is 13.4. The molecule has 0 bridgehead atoms. The number of piperidine rings is 1. The summed E-state index contributed by atoms with van der Waals surface area (Å²) < 4.78 is 1.99. The van der Waals surface area contributed by atoms with Crippen LogP contribution >= 0.6 is 0 Å². The molecule has 1 amide bonds. The number of rotatable bonds is 5. The van der Waals surface area contributed by atoms with E-state index in [9.17, 15) is 4.79 Å². The Bertz CT molecular complexity index is 472. The van der Waals surface area contributed by atoms with Gasteiger partial charge < -0.3 is 10.0 Å². The number of hydrogen-bond donors (Lipinski definition) is 1. The molecule has 0 atom stereocenters. The number of aryl methyl sites for hydroxylation is 1. The first kappa shape index (κ1) is 16.0. The Morgan fingerprint density at radius 1 is 1.38 bits per heavy atom. The summed E-state index contributed by atoms with van der Waals surface area (Å²) in [6, 6.07) is 2.27. The van der Waals surface area contributed by atoms with Crippen LogP contribution in [0.5, 0.6) is 0 Å². The summed E-state index contributed by atoms with van der Waals surface area (Å²) in [7, 11) is 0. The molecule has 1 aromatic rings. The van der Waals surface area contributed by atoms with Gasteiger partial charge in [0.1, 0.15) is 0 Å². The van der Waals surface area contributed by atoms with E-state index in [1.807, 2.05) is 22.6 Å². The van der Waals surface area contributed by atoms with Gasteiger partial charge in [0, 0.05) is 25.4 Å². The van der Waals surface area contributed by atoms with Gasteiger partial charge in [0.2, 0.25) is 0 Å². The van der Waals surface area contributed by atoms with Crippen LogP contribution in [-0.4, -0.2) is 45.4 Å². The molecule has 1 aliphatic rings. The van der Waals surface area contributed by atoms with Gasteiger partial charge in [-0.25, -0.2) is 0 Å². The third-order valence-electron chi connectivity index (χ3n) is 4.59. The highest BCUT2D eigenvalue weighted by Gasteiger charge is 2.25. The normalized spacial score (nSPS) is 16.7. The van der Waals surface area contributed by atoms with Crippen LogP contribution in [0.4, 0.5) is 0 Å². The Kier molecular flexibility index (Phi) is 5.39. The van der Waals surface area contributed by atoms with E-state index in [2.05, 4.69) is 18.9 Å². The molecular weight excluding hydrogens is 266 g/mol. The Balaban J connectivity index is 2.08. The van der Waals surface area contributed by atoms with Crippen molar-refractivity contribution in [2.24, 2.45) is 5.92 Å². The largest absolute Gasteiger partial charge is 0.396 e. The van der Waals surface area contributed by atoms with Crippen LogP contribution in [0.15, 0.2) is 6.07 Å². The van der Waals surface area contributed by atoms with Crippen LogP contribution in [0.3, 0.4) is 0 Å². The molecule has 2 heterocycles. The summed E-state index contributed by atoms with van der Waals surface area (Å²) in [6.45, 7) is 7.99. The summed E-state index contributed by atoms with van der Waals surface area (Å²) in [4.78, 5) is 14.4. The monoisotopic (exact) mass is 293 g/mol. The van der Waals surface area contributed by atoms with Crippen LogP contribution in [0.2, 0.25) is 0 Å². The first-order valence-electron chi connectivity index (χ1n) is 8.06. The van der Waals surface area contributed by atoms with E-state index in [1.165, 1.54) is 0 Å². The van der Waals surface area contributed by atoms with Crippen LogP contribution in [0.25, 0.3) is 0 Å². The molecule has 1 aliphatic heterocycles. The topological polar surface area (TPSA) is 58.4 Å². The molecular formula is C16H27N3O2. The maximum atomic E-state index is 12.5. The minimum atomic E-state index is 0.0270. The molecule has 21 heavy (non-hydrogen) atoms. The average Bonchev–Trinajstić information content (AvgIpc) is 2.90. The van der Waals surface area contributed by atoms with Crippen molar-refractivity contribution in [3.8, 4) is 0 Å². The fourth-order valence-corrected chi connectivity index (χ4v) is 3.08. The summed E-state index contributed by atoms with van der Waals surface area (Å²) in [5.41, 5.74) is 1.61. The second-order valence-electron chi connectivity index (χ2n) is 6.00. The molecule has 0 spiro atoms. The summed E-state index contributed by atoms with van der Waals surface area (Å²) >= 11 is 0. The lowest BCUT2D eigenvalue weighted by Gasteiger charge is -2.30. The van der Waals surface area contributed by atoms with E-state index >= 15 is 0 Å².